The molecule has 0 spiro atoms. The summed E-state index contributed by atoms with van der Waals surface area (Å²) in [5.74, 6) is 1.63. The first-order valence-corrected chi connectivity index (χ1v) is 9.23. The van der Waals surface area contributed by atoms with Crippen LogP contribution < -0.4 is 10.2 Å². The van der Waals surface area contributed by atoms with E-state index < -0.39 is 0 Å². The molecule has 0 radical (unpaired) electrons. The molecule has 6 heteroatoms. The second kappa shape index (κ2) is 7.42. The van der Waals surface area contributed by atoms with Gasteiger partial charge in [0.2, 0.25) is 5.91 Å². The highest BCUT2D eigenvalue weighted by molar-refractivity contribution is 5.93. The number of hydrogen-bond donors (Lipinski definition) is 1. The van der Waals surface area contributed by atoms with Gasteiger partial charge < -0.3 is 15.1 Å². The van der Waals surface area contributed by atoms with Crippen LogP contribution in [-0.2, 0) is 4.79 Å². The van der Waals surface area contributed by atoms with Gasteiger partial charge in [-0.1, -0.05) is 13.8 Å². The van der Waals surface area contributed by atoms with Gasteiger partial charge in [-0.25, -0.2) is 4.98 Å². The van der Waals surface area contributed by atoms with E-state index in [1.807, 2.05) is 12.1 Å². The molecule has 0 aromatic carbocycles. The molecule has 6 nitrogen and oxygen atoms in total. The second-order valence-corrected chi connectivity index (χ2v) is 7.50. The van der Waals surface area contributed by atoms with Crippen LogP contribution in [0, 0.1) is 5.92 Å². The zero-order valence-electron chi connectivity index (χ0n) is 15.4. The van der Waals surface area contributed by atoms with Gasteiger partial charge in [0.15, 0.2) is 0 Å². The molecule has 25 heavy (non-hydrogen) atoms. The highest BCUT2D eigenvalue weighted by Crippen LogP contribution is 2.32. The number of carbonyl (C=O) groups is 2. The highest BCUT2D eigenvalue weighted by atomic mass is 16.2. The SMILES string of the molecule is CNC(=O)c1ccc(N2CC3CCC2CN3C(=O)CCC(C)C)nc1. The van der Waals surface area contributed by atoms with E-state index in [-0.39, 0.29) is 11.9 Å². The predicted octanol–water partition coefficient (Wildman–Crippen LogP) is 2.06. The van der Waals surface area contributed by atoms with E-state index >= 15 is 0 Å². The van der Waals surface area contributed by atoms with Gasteiger partial charge >= 0.3 is 0 Å². The number of pyridine rings is 1. The minimum Gasteiger partial charge on any atom is -0.355 e. The summed E-state index contributed by atoms with van der Waals surface area (Å²) in [7, 11) is 1.62. The monoisotopic (exact) mass is 344 g/mol. The Bertz CT molecular complexity index is 629. The van der Waals surface area contributed by atoms with Gasteiger partial charge in [0, 0.05) is 44.8 Å². The van der Waals surface area contributed by atoms with E-state index in [1.165, 1.54) is 0 Å². The normalized spacial score (nSPS) is 22.4. The topological polar surface area (TPSA) is 65.5 Å². The summed E-state index contributed by atoms with van der Waals surface area (Å²) in [6.45, 7) is 5.95. The smallest absolute Gasteiger partial charge is 0.252 e. The number of piperidine rings is 2. The molecule has 1 aromatic heterocycles. The van der Waals surface area contributed by atoms with Gasteiger partial charge in [-0.3, -0.25) is 9.59 Å². The number of amides is 2. The van der Waals surface area contributed by atoms with Crippen LogP contribution in [0.2, 0.25) is 0 Å². The molecule has 0 saturated carbocycles. The number of hydrogen-bond acceptors (Lipinski definition) is 4. The van der Waals surface area contributed by atoms with E-state index in [0.29, 0.717) is 29.9 Å². The summed E-state index contributed by atoms with van der Waals surface area (Å²) in [4.78, 5) is 33.1. The van der Waals surface area contributed by atoms with Crippen molar-refractivity contribution in [3.05, 3.63) is 23.9 Å². The lowest BCUT2D eigenvalue weighted by Gasteiger charge is -2.52. The molecule has 3 aliphatic heterocycles. The third kappa shape index (κ3) is 3.78. The first-order valence-electron chi connectivity index (χ1n) is 9.23. The van der Waals surface area contributed by atoms with E-state index in [4.69, 9.17) is 0 Å². The Morgan fingerprint density at radius 3 is 2.56 bits per heavy atom. The number of nitrogens with one attached hydrogen (secondary N) is 1. The summed E-state index contributed by atoms with van der Waals surface area (Å²) in [5.41, 5.74) is 0.568. The van der Waals surface area contributed by atoms with E-state index in [0.717, 1.165) is 38.2 Å². The largest absolute Gasteiger partial charge is 0.355 e. The molecule has 2 unspecified atom stereocenters. The van der Waals surface area contributed by atoms with Gasteiger partial charge in [-0.2, -0.15) is 0 Å². The number of carbonyl (C=O) groups excluding carboxylic acids is 2. The van der Waals surface area contributed by atoms with Gasteiger partial charge in [0.25, 0.3) is 5.91 Å². The van der Waals surface area contributed by atoms with Crippen LogP contribution >= 0.6 is 0 Å². The molecule has 2 bridgehead atoms. The summed E-state index contributed by atoms with van der Waals surface area (Å²) >= 11 is 0. The maximum Gasteiger partial charge on any atom is 0.252 e. The highest BCUT2D eigenvalue weighted by Gasteiger charge is 2.41. The molecule has 1 aromatic rings. The Morgan fingerprint density at radius 2 is 2.00 bits per heavy atom. The molecule has 4 rings (SSSR count). The molecule has 2 amide bonds. The Kier molecular flexibility index (Phi) is 5.25. The number of aromatic nitrogens is 1. The number of rotatable bonds is 5. The molecule has 4 heterocycles. The Hall–Kier alpha value is -2.11. The van der Waals surface area contributed by atoms with Crippen LogP contribution in [0.4, 0.5) is 5.82 Å². The molecule has 0 aliphatic carbocycles. The lowest BCUT2D eigenvalue weighted by Crippen LogP contribution is -2.64. The van der Waals surface area contributed by atoms with Crippen molar-refractivity contribution in [2.75, 3.05) is 25.0 Å². The third-order valence-corrected chi connectivity index (χ3v) is 5.32. The van der Waals surface area contributed by atoms with Crippen LogP contribution in [0.1, 0.15) is 49.9 Å². The number of nitrogens with zero attached hydrogens (tertiary/aromatic N) is 3. The number of piperazine rings is 1. The third-order valence-electron chi connectivity index (χ3n) is 5.32. The maximum absolute atomic E-state index is 12.5. The van der Waals surface area contributed by atoms with E-state index in [2.05, 4.69) is 33.9 Å². The van der Waals surface area contributed by atoms with Crippen LogP contribution in [0.25, 0.3) is 0 Å². The first-order chi connectivity index (χ1) is 12.0. The standard InChI is InChI=1S/C19H28N4O2/c1-13(2)4-9-18(24)23-12-15-6-7-16(23)11-22(15)17-8-5-14(10-21-17)19(25)20-3/h5,8,10,13,15-16H,4,6-7,9,11-12H2,1-3H3,(H,20,25). The lowest BCUT2D eigenvalue weighted by atomic mass is 9.90. The summed E-state index contributed by atoms with van der Waals surface area (Å²) < 4.78 is 0. The fourth-order valence-corrected chi connectivity index (χ4v) is 3.80. The maximum atomic E-state index is 12.5. The predicted molar refractivity (Wildman–Crippen MR) is 97.6 cm³/mol. The fourth-order valence-electron chi connectivity index (χ4n) is 3.80. The van der Waals surface area contributed by atoms with Crippen molar-refractivity contribution in [2.24, 2.45) is 5.92 Å². The van der Waals surface area contributed by atoms with Crippen molar-refractivity contribution in [3.63, 3.8) is 0 Å². The average Bonchev–Trinajstić information content (AvgIpc) is 2.65. The van der Waals surface area contributed by atoms with Crippen LogP contribution in [0.5, 0.6) is 0 Å². The molecule has 136 valence electrons. The fraction of sp³-hybridized carbons (Fsp3) is 0.632. The first kappa shape index (κ1) is 17.7. The second-order valence-electron chi connectivity index (χ2n) is 7.50. The Labute approximate surface area is 149 Å². The van der Waals surface area contributed by atoms with Gasteiger partial charge in [0.05, 0.1) is 5.56 Å². The molecule has 2 atom stereocenters. The molecule has 3 saturated heterocycles. The number of anilines is 1. The van der Waals surface area contributed by atoms with Crippen molar-refractivity contribution in [1.82, 2.24) is 15.2 Å². The van der Waals surface area contributed by atoms with Gasteiger partial charge in [0.1, 0.15) is 5.82 Å². The van der Waals surface area contributed by atoms with E-state index in [1.54, 1.807) is 13.2 Å². The quantitative estimate of drug-likeness (QED) is 0.888. The average molecular weight is 344 g/mol. The van der Waals surface area contributed by atoms with Gasteiger partial charge in [-0.05, 0) is 37.3 Å². The van der Waals surface area contributed by atoms with Crippen molar-refractivity contribution in [1.29, 1.82) is 0 Å². The molecule has 3 aliphatic rings. The molecular weight excluding hydrogens is 316 g/mol. The molecule has 3 fully saturated rings. The van der Waals surface area contributed by atoms with Crippen LogP contribution in [0.3, 0.4) is 0 Å². The molecule has 1 N–H and O–H groups in total. The zero-order chi connectivity index (χ0) is 18.0. The van der Waals surface area contributed by atoms with Crippen molar-refractivity contribution >= 4 is 17.6 Å². The summed E-state index contributed by atoms with van der Waals surface area (Å²) in [5, 5.41) is 2.61. The lowest BCUT2D eigenvalue weighted by molar-refractivity contribution is -0.136. The Morgan fingerprint density at radius 1 is 1.24 bits per heavy atom. The summed E-state index contributed by atoms with van der Waals surface area (Å²) in [6.07, 6.45) is 5.41. The van der Waals surface area contributed by atoms with Crippen LogP contribution in [0.15, 0.2) is 18.3 Å². The van der Waals surface area contributed by atoms with Crippen molar-refractivity contribution in [2.45, 2.75) is 51.6 Å². The minimum absolute atomic E-state index is 0.124. The zero-order valence-corrected chi connectivity index (χ0v) is 15.4. The van der Waals surface area contributed by atoms with Crippen molar-refractivity contribution in [3.8, 4) is 0 Å². The van der Waals surface area contributed by atoms with Gasteiger partial charge in [-0.15, -0.1) is 0 Å². The molecular formula is C19H28N4O2. The summed E-state index contributed by atoms with van der Waals surface area (Å²) in [6, 6.07) is 4.34. The van der Waals surface area contributed by atoms with E-state index in [9.17, 15) is 9.59 Å². The van der Waals surface area contributed by atoms with Crippen molar-refractivity contribution < 1.29 is 9.59 Å². The number of fused-ring (bicyclic) bond motifs is 3. The minimum atomic E-state index is -0.124. The Balaban J connectivity index is 1.66. The van der Waals surface area contributed by atoms with Crippen LogP contribution in [-0.4, -0.2) is 53.9 Å².